The molecule has 0 atom stereocenters. The molecule has 0 aliphatic carbocycles. The molecule has 0 aliphatic heterocycles. The third-order valence-electron chi connectivity index (χ3n) is 4.42. The molecule has 166 valence electrons. The van der Waals surface area contributed by atoms with Crippen LogP contribution in [0.5, 0.6) is 0 Å². The quantitative estimate of drug-likeness (QED) is 0.512. The van der Waals surface area contributed by atoms with Crippen LogP contribution >= 0.6 is 0 Å². The molecule has 10 heteroatoms. The second-order valence-electron chi connectivity index (χ2n) is 6.89. The molecule has 0 aromatic heterocycles. The minimum absolute atomic E-state index is 0.0225. The molecular formula is C22H19F2N3O4S. The molecule has 0 aliphatic rings. The van der Waals surface area contributed by atoms with Crippen molar-refractivity contribution in [2.75, 3.05) is 15.4 Å². The van der Waals surface area contributed by atoms with E-state index in [1.807, 2.05) is 0 Å². The van der Waals surface area contributed by atoms with Gasteiger partial charge in [-0.3, -0.25) is 14.3 Å². The van der Waals surface area contributed by atoms with Crippen LogP contribution in [0.1, 0.15) is 22.8 Å². The lowest BCUT2D eigenvalue weighted by Gasteiger charge is -2.13. The summed E-state index contributed by atoms with van der Waals surface area (Å²) in [7, 11) is -4.20. The van der Waals surface area contributed by atoms with Gasteiger partial charge in [0.1, 0.15) is 11.6 Å². The van der Waals surface area contributed by atoms with Crippen molar-refractivity contribution in [3.05, 3.63) is 83.4 Å². The van der Waals surface area contributed by atoms with Gasteiger partial charge in [0.15, 0.2) is 0 Å². The molecule has 0 unspecified atom stereocenters. The Labute approximate surface area is 183 Å². The van der Waals surface area contributed by atoms with E-state index < -0.39 is 27.6 Å². The SMILES string of the molecule is CC(=O)Nc1ccc(F)c(NC(=O)c2cc(S(=O)(=O)Nc3ccccc3F)ccc2C)c1. The predicted molar refractivity (Wildman–Crippen MR) is 117 cm³/mol. The molecule has 0 saturated heterocycles. The van der Waals surface area contributed by atoms with Crippen molar-refractivity contribution in [1.29, 1.82) is 0 Å². The molecule has 7 nitrogen and oxygen atoms in total. The molecule has 32 heavy (non-hydrogen) atoms. The minimum atomic E-state index is -4.20. The van der Waals surface area contributed by atoms with Crippen LogP contribution in [-0.2, 0) is 14.8 Å². The van der Waals surface area contributed by atoms with Crippen LogP contribution in [0.15, 0.2) is 65.6 Å². The van der Waals surface area contributed by atoms with E-state index in [1.165, 1.54) is 49.4 Å². The molecule has 3 aromatic carbocycles. The lowest BCUT2D eigenvalue weighted by atomic mass is 10.1. The van der Waals surface area contributed by atoms with Crippen molar-refractivity contribution < 1.29 is 26.8 Å². The number of aryl methyl sites for hydroxylation is 1. The average Bonchev–Trinajstić information content (AvgIpc) is 2.71. The third-order valence-corrected chi connectivity index (χ3v) is 5.78. The number of carbonyl (C=O) groups excluding carboxylic acids is 2. The van der Waals surface area contributed by atoms with E-state index in [2.05, 4.69) is 15.4 Å². The standard InChI is InChI=1S/C22H19F2N3O4S/c1-13-7-9-16(32(30,31)27-20-6-4-3-5-18(20)23)12-17(13)22(29)26-21-11-15(25-14(2)28)8-10-19(21)24/h3-12,27H,1-2H3,(H,25,28)(H,26,29). The number of sulfonamides is 1. The molecular weight excluding hydrogens is 440 g/mol. The Morgan fingerprint density at radius 1 is 0.844 bits per heavy atom. The highest BCUT2D eigenvalue weighted by atomic mass is 32.2. The first kappa shape index (κ1) is 22.9. The number of anilines is 3. The fraction of sp³-hybridized carbons (Fsp3) is 0.0909. The Hall–Kier alpha value is -3.79. The highest BCUT2D eigenvalue weighted by molar-refractivity contribution is 7.92. The van der Waals surface area contributed by atoms with Crippen molar-refractivity contribution in [2.45, 2.75) is 18.7 Å². The number of para-hydroxylation sites is 1. The van der Waals surface area contributed by atoms with E-state index >= 15 is 0 Å². The predicted octanol–water partition coefficient (Wildman–Crippen LogP) is 4.28. The van der Waals surface area contributed by atoms with Crippen LogP contribution in [0.2, 0.25) is 0 Å². The fourth-order valence-corrected chi connectivity index (χ4v) is 3.95. The number of hydrogen-bond acceptors (Lipinski definition) is 4. The summed E-state index contributed by atoms with van der Waals surface area (Å²) in [6.07, 6.45) is 0. The smallest absolute Gasteiger partial charge is 0.262 e. The largest absolute Gasteiger partial charge is 0.326 e. The first-order chi connectivity index (χ1) is 15.1. The Bertz CT molecular complexity index is 1310. The maximum atomic E-state index is 14.2. The van der Waals surface area contributed by atoms with Gasteiger partial charge < -0.3 is 10.6 Å². The first-order valence-electron chi connectivity index (χ1n) is 9.33. The van der Waals surface area contributed by atoms with E-state index in [4.69, 9.17) is 0 Å². The molecule has 3 N–H and O–H groups in total. The molecule has 3 rings (SSSR count). The monoisotopic (exact) mass is 459 g/mol. The van der Waals surface area contributed by atoms with Crippen molar-refractivity contribution in [1.82, 2.24) is 0 Å². The Kier molecular flexibility index (Phi) is 6.54. The summed E-state index contributed by atoms with van der Waals surface area (Å²) in [5, 5.41) is 4.86. The molecule has 0 saturated carbocycles. The van der Waals surface area contributed by atoms with E-state index in [9.17, 15) is 26.8 Å². The first-order valence-corrected chi connectivity index (χ1v) is 10.8. The summed E-state index contributed by atoms with van der Waals surface area (Å²) < 4.78 is 55.5. The van der Waals surface area contributed by atoms with E-state index in [0.717, 1.165) is 18.2 Å². The summed E-state index contributed by atoms with van der Waals surface area (Å²) in [6, 6.07) is 12.7. The molecule has 0 spiro atoms. The molecule has 0 heterocycles. The van der Waals surface area contributed by atoms with Crippen LogP contribution in [0, 0.1) is 18.6 Å². The Morgan fingerprint density at radius 2 is 1.53 bits per heavy atom. The van der Waals surface area contributed by atoms with Gasteiger partial charge >= 0.3 is 0 Å². The Balaban J connectivity index is 1.89. The number of benzene rings is 3. The highest BCUT2D eigenvalue weighted by Crippen LogP contribution is 2.24. The summed E-state index contributed by atoms with van der Waals surface area (Å²) >= 11 is 0. The lowest BCUT2D eigenvalue weighted by Crippen LogP contribution is -2.18. The van der Waals surface area contributed by atoms with Gasteiger partial charge in [-0.15, -0.1) is 0 Å². The maximum Gasteiger partial charge on any atom is 0.262 e. The van der Waals surface area contributed by atoms with Gasteiger partial charge in [0.25, 0.3) is 15.9 Å². The minimum Gasteiger partial charge on any atom is -0.326 e. The van der Waals surface area contributed by atoms with Gasteiger partial charge in [0.2, 0.25) is 5.91 Å². The third kappa shape index (κ3) is 5.27. The van der Waals surface area contributed by atoms with Crippen LogP contribution in [0.25, 0.3) is 0 Å². The number of amides is 2. The molecule has 0 radical (unpaired) electrons. The fourth-order valence-electron chi connectivity index (χ4n) is 2.85. The van der Waals surface area contributed by atoms with Gasteiger partial charge in [-0.05, 0) is 55.0 Å². The molecule has 3 aromatic rings. The van der Waals surface area contributed by atoms with Gasteiger partial charge in [-0.2, -0.15) is 0 Å². The van der Waals surface area contributed by atoms with E-state index in [1.54, 1.807) is 6.92 Å². The van der Waals surface area contributed by atoms with Gasteiger partial charge in [-0.1, -0.05) is 18.2 Å². The zero-order chi connectivity index (χ0) is 23.5. The van der Waals surface area contributed by atoms with Crippen molar-refractivity contribution >= 4 is 38.9 Å². The zero-order valence-electron chi connectivity index (χ0n) is 17.1. The van der Waals surface area contributed by atoms with Crippen LogP contribution in [0.3, 0.4) is 0 Å². The normalized spacial score (nSPS) is 11.0. The summed E-state index contributed by atoms with van der Waals surface area (Å²) in [5.41, 5.74) is 0.252. The highest BCUT2D eigenvalue weighted by Gasteiger charge is 2.20. The number of carbonyl (C=O) groups is 2. The second kappa shape index (κ2) is 9.15. The van der Waals surface area contributed by atoms with Gasteiger partial charge in [0.05, 0.1) is 16.3 Å². The van der Waals surface area contributed by atoms with Gasteiger partial charge in [0, 0.05) is 18.2 Å². The summed E-state index contributed by atoms with van der Waals surface area (Å²) in [4.78, 5) is 23.7. The number of hydrogen-bond donors (Lipinski definition) is 3. The molecule has 2 amide bonds. The van der Waals surface area contributed by atoms with Crippen molar-refractivity contribution in [2.24, 2.45) is 0 Å². The zero-order valence-corrected chi connectivity index (χ0v) is 17.9. The number of rotatable bonds is 6. The van der Waals surface area contributed by atoms with Crippen molar-refractivity contribution in [3.8, 4) is 0 Å². The second-order valence-corrected chi connectivity index (χ2v) is 8.57. The maximum absolute atomic E-state index is 14.2. The lowest BCUT2D eigenvalue weighted by molar-refractivity contribution is -0.114. The number of nitrogens with one attached hydrogen (secondary N) is 3. The van der Waals surface area contributed by atoms with Crippen LogP contribution in [-0.4, -0.2) is 20.2 Å². The van der Waals surface area contributed by atoms with E-state index in [-0.39, 0.29) is 33.4 Å². The average molecular weight is 459 g/mol. The summed E-state index contributed by atoms with van der Waals surface area (Å²) in [6.45, 7) is 2.87. The Morgan fingerprint density at radius 3 is 2.22 bits per heavy atom. The number of halogens is 2. The van der Waals surface area contributed by atoms with Gasteiger partial charge in [-0.25, -0.2) is 17.2 Å². The summed E-state index contributed by atoms with van der Waals surface area (Å²) in [5.74, 6) is -2.62. The van der Waals surface area contributed by atoms with Crippen LogP contribution in [0.4, 0.5) is 25.8 Å². The molecule has 0 fully saturated rings. The van der Waals surface area contributed by atoms with Crippen molar-refractivity contribution in [3.63, 3.8) is 0 Å². The van der Waals surface area contributed by atoms with Crippen LogP contribution < -0.4 is 15.4 Å². The topological polar surface area (TPSA) is 104 Å². The van der Waals surface area contributed by atoms with E-state index in [0.29, 0.717) is 5.56 Å². The molecule has 0 bridgehead atoms.